The number of nitriles is 1. The average molecular weight is 280 g/mol. The molecule has 0 radical (unpaired) electrons. The third-order valence-electron chi connectivity index (χ3n) is 2.91. The maximum Gasteiger partial charge on any atom is 0.226 e. The van der Waals surface area contributed by atoms with Crippen molar-refractivity contribution in [3.63, 3.8) is 0 Å². The van der Waals surface area contributed by atoms with Crippen LogP contribution in [0.2, 0.25) is 0 Å². The Morgan fingerprint density at radius 2 is 1.81 bits per heavy atom. The van der Waals surface area contributed by atoms with Crippen molar-refractivity contribution in [2.24, 2.45) is 0 Å². The van der Waals surface area contributed by atoms with Gasteiger partial charge in [0.25, 0.3) is 0 Å². The Hall–Kier alpha value is -2.64. The molecule has 4 nitrogen and oxygen atoms in total. The van der Waals surface area contributed by atoms with Crippen LogP contribution < -0.4 is 5.32 Å². The number of hydrogen-bond acceptors (Lipinski definition) is 3. The molecule has 0 saturated carbocycles. The maximum atomic E-state index is 11.8. The summed E-state index contributed by atoms with van der Waals surface area (Å²) in [7, 11) is 0. The monoisotopic (exact) mass is 280 g/mol. The molecule has 2 aromatic carbocycles. The number of para-hydroxylation sites is 1. The minimum Gasteiger partial charge on any atom is -0.376 e. The van der Waals surface area contributed by atoms with E-state index in [1.165, 1.54) is 0 Å². The van der Waals surface area contributed by atoms with Gasteiger partial charge in [0.05, 0.1) is 30.9 Å². The molecule has 0 saturated heterocycles. The highest BCUT2D eigenvalue weighted by Crippen LogP contribution is 2.13. The third kappa shape index (κ3) is 4.75. The van der Waals surface area contributed by atoms with E-state index in [2.05, 4.69) is 5.32 Å². The second-order valence-corrected chi connectivity index (χ2v) is 4.49. The van der Waals surface area contributed by atoms with Crippen molar-refractivity contribution in [1.82, 2.24) is 0 Å². The van der Waals surface area contributed by atoms with E-state index in [4.69, 9.17) is 10.00 Å². The number of hydrogen-bond donors (Lipinski definition) is 1. The van der Waals surface area contributed by atoms with Crippen LogP contribution in [0.15, 0.2) is 54.6 Å². The first-order chi connectivity index (χ1) is 10.3. The molecule has 2 rings (SSSR count). The molecule has 21 heavy (non-hydrogen) atoms. The Kier molecular flexibility index (Phi) is 5.50. The maximum absolute atomic E-state index is 11.8. The summed E-state index contributed by atoms with van der Waals surface area (Å²) < 4.78 is 5.46. The molecule has 0 bridgehead atoms. The molecule has 0 heterocycles. The first kappa shape index (κ1) is 14.8. The van der Waals surface area contributed by atoms with Gasteiger partial charge < -0.3 is 10.1 Å². The normalized spacial score (nSPS) is 9.86. The quantitative estimate of drug-likeness (QED) is 0.827. The second-order valence-electron chi connectivity index (χ2n) is 4.49. The highest BCUT2D eigenvalue weighted by atomic mass is 16.5. The Bertz CT molecular complexity index is 633. The molecule has 4 heteroatoms. The summed E-state index contributed by atoms with van der Waals surface area (Å²) in [5.74, 6) is -0.161. The van der Waals surface area contributed by atoms with E-state index in [1.54, 1.807) is 24.3 Å². The molecule has 0 fully saturated rings. The molecule has 0 unspecified atom stereocenters. The van der Waals surface area contributed by atoms with E-state index < -0.39 is 0 Å². The van der Waals surface area contributed by atoms with Crippen molar-refractivity contribution < 1.29 is 9.53 Å². The van der Waals surface area contributed by atoms with Gasteiger partial charge in [0.15, 0.2) is 0 Å². The standard InChI is InChI=1S/C17H16N2O2/c18-12-15-8-4-5-9-16(15)19-17(20)10-11-21-13-14-6-2-1-3-7-14/h1-9H,10-11,13H2,(H,19,20). The van der Waals surface area contributed by atoms with Crippen molar-refractivity contribution in [3.8, 4) is 6.07 Å². The molecule has 0 aliphatic rings. The molecule has 1 N–H and O–H groups in total. The van der Waals surface area contributed by atoms with Gasteiger partial charge >= 0.3 is 0 Å². The number of amides is 1. The van der Waals surface area contributed by atoms with Gasteiger partial charge in [-0.05, 0) is 17.7 Å². The van der Waals surface area contributed by atoms with Crippen molar-refractivity contribution in [2.45, 2.75) is 13.0 Å². The summed E-state index contributed by atoms with van der Waals surface area (Å²) in [5, 5.41) is 11.7. The van der Waals surface area contributed by atoms with E-state index in [1.807, 2.05) is 36.4 Å². The molecule has 0 spiro atoms. The Morgan fingerprint density at radius 1 is 1.10 bits per heavy atom. The zero-order chi connectivity index (χ0) is 14.9. The summed E-state index contributed by atoms with van der Waals surface area (Å²) in [4.78, 5) is 11.8. The van der Waals surface area contributed by atoms with Gasteiger partial charge in [0, 0.05) is 0 Å². The lowest BCUT2D eigenvalue weighted by Gasteiger charge is -2.07. The van der Waals surface area contributed by atoms with E-state index in [0.29, 0.717) is 24.5 Å². The summed E-state index contributed by atoms with van der Waals surface area (Å²) >= 11 is 0. The molecular weight excluding hydrogens is 264 g/mol. The Labute approximate surface area is 124 Å². The predicted octanol–water partition coefficient (Wildman–Crippen LogP) is 3.10. The van der Waals surface area contributed by atoms with Gasteiger partial charge in [0.1, 0.15) is 6.07 Å². The highest BCUT2D eigenvalue weighted by molar-refractivity contribution is 5.92. The molecule has 0 aromatic heterocycles. The summed E-state index contributed by atoms with van der Waals surface area (Å²) in [6.07, 6.45) is 0.257. The lowest BCUT2D eigenvalue weighted by atomic mass is 10.2. The number of carbonyl (C=O) groups excluding carboxylic acids is 1. The van der Waals surface area contributed by atoms with E-state index >= 15 is 0 Å². The van der Waals surface area contributed by atoms with E-state index in [-0.39, 0.29) is 12.3 Å². The number of ether oxygens (including phenoxy) is 1. The first-order valence-electron chi connectivity index (χ1n) is 6.70. The van der Waals surface area contributed by atoms with Gasteiger partial charge in [-0.25, -0.2) is 0 Å². The SMILES string of the molecule is N#Cc1ccccc1NC(=O)CCOCc1ccccc1. The topological polar surface area (TPSA) is 62.1 Å². The molecule has 2 aromatic rings. The zero-order valence-corrected chi connectivity index (χ0v) is 11.6. The zero-order valence-electron chi connectivity index (χ0n) is 11.6. The molecule has 0 aliphatic carbocycles. The minimum atomic E-state index is -0.161. The van der Waals surface area contributed by atoms with Crippen LogP contribution in [0.5, 0.6) is 0 Å². The summed E-state index contributed by atoms with van der Waals surface area (Å²) in [6.45, 7) is 0.832. The first-order valence-corrected chi connectivity index (χ1v) is 6.70. The average Bonchev–Trinajstić information content (AvgIpc) is 2.53. The van der Waals surface area contributed by atoms with E-state index in [9.17, 15) is 4.79 Å². The lowest BCUT2D eigenvalue weighted by Crippen LogP contribution is -2.14. The van der Waals surface area contributed by atoms with Crippen LogP contribution in [0.25, 0.3) is 0 Å². The van der Waals surface area contributed by atoms with Gasteiger partial charge in [-0.3, -0.25) is 4.79 Å². The predicted molar refractivity (Wildman–Crippen MR) is 80.5 cm³/mol. The van der Waals surface area contributed by atoms with Crippen LogP contribution in [0.1, 0.15) is 17.5 Å². The lowest BCUT2D eigenvalue weighted by molar-refractivity contribution is -0.117. The van der Waals surface area contributed by atoms with Crippen molar-refractivity contribution >= 4 is 11.6 Å². The number of nitrogens with zero attached hydrogens (tertiary/aromatic N) is 1. The van der Waals surface area contributed by atoms with Gasteiger partial charge in [-0.15, -0.1) is 0 Å². The summed E-state index contributed by atoms with van der Waals surface area (Å²) in [5.41, 5.74) is 2.07. The number of benzene rings is 2. The fraction of sp³-hybridized carbons (Fsp3) is 0.176. The number of rotatable bonds is 6. The molecule has 0 aliphatic heterocycles. The molecular formula is C17H16N2O2. The van der Waals surface area contributed by atoms with Crippen molar-refractivity contribution in [1.29, 1.82) is 5.26 Å². The van der Waals surface area contributed by atoms with Crippen LogP contribution in [-0.4, -0.2) is 12.5 Å². The molecule has 0 atom stereocenters. The Morgan fingerprint density at radius 3 is 2.57 bits per heavy atom. The van der Waals surface area contributed by atoms with Crippen molar-refractivity contribution in [2.75, 3.05) is 11.9 Å². The smallest absolute Gasteiger partial charge is 0.226 e. The van der Waals surface area contributed by atoms with Crippen molar-refractivity contribution in [3.05, 3.63) is 65.7 Å². The fourth-order valence-corrected chi connectivity index (χ4v) is 1.83. The summed E-state index contributed by atoms with van der Waals surface area (Å²) in [6, 6.07) is 18.8. The van der Waals surface area contributed by atoms with Gasteiger partial charge in [-0.1, -0.05) is 42.5 Å². The van der Waals surface area contributed by atoms with Crippen LogP contribution in [-0.2, 0) is 16.1 Å². The van der Waals surface area contributed by atoms with Crippen LogP contribution >= 0.6 is 0 Å². The second kappa shape index (κ2) is 7.83. The molecule has 106 valence electrons. The Balaban J connectivity index is 1.74. The number of nitrogens with one attached hydrogen (secondary N) is 1. The third-order valence-corrected chi connectivity index (χ3v) is 2.91. The van der Waals surface area contributed by atoms with Crippen LogP contribution in [0.3, 0.4) is 0 Å². The highest BCUT2D eigenvalue weighted by Gasteiger charge is 2.06. The van der Waals surface area contributed by atoms with Gasteiger partial charge in [-0.2, -0.15) is 5.26 Å². The number of anilines is 1. The van der Waals surface area contributed by atoms with Gasteiger partial charge in [0.2, 0.25) is 5.91 Å². The van der Waals surface area contributed by atoms with Crippen LogP contribution in [0, 0.1) is 11.3 Å². The largest absolute Gasteiger partial charge is 0.376 e. The fourth-order valence-electron chi connectivity index (χ4n) is 1.83. The van der Waals surface area contributed by atoms with E-state index in [0.717, 1.165) is 5.56 Å². The van der Waals surface area contributed by atoms with Crippen LogP contribution in [0.4, 0.5) is 5.69 Å². The molecule has 1 amide bonds. The minimum absolute atomic E-state index is 0.161. The number of carbonyl (C=O) groups is 1.